The normalized spacial score (nSPS) is 17.9. The molecule has 2 heterocycles. The van der Waals surface area contributed by atoms with Crippen LogP contribution in [0.3, 0.4) is 0 Å². The van der Waals surface area contributed by atoms with Gasteiger partial charge < -0.3 is 4.90 Å². The SMILES string of the molecule is CC(c1ccccc1)N1CCN(c2ncccn2)CC1. The second kappa shape index (κ2) is 6.01. The number of aromatic nitrogens is 2. The van der Waals surface area contributed by atoms with Crippen LogP contribution in [0.25, 0.3) is 0 Å². The highest BCUT2D eigenvalue weighted by molar-refractivity contribution is 5.29. The molecule has 0 N–H and O–H groups in total. The number of benzene rings is 1. The molecular weight excluding hydrogens is 248 g/mol. The van der Waals surface area contributed by atoms with Crippen LogP contribution in [0.4, 0.5) is 5.95 Å². The molecule has 1 fully saturated rings. The Morgan fingerprint density at radius 2 is 1.55 bits per heavy atom. The van der Waals surface area contributed by atoms with E-state index in [2.05, 4.69) is 57.0 Å². The summed E-state index contributed by atoms with van der Waals surface area (Å²) in [6.07, 6.45) is 3.61. The Labute approximate surface area is 120 Å². The number of rotatable bonds is 3. The molecule has 0 spiro atoms. The maximum atomic E-state index is 4.33. The van der Waals surface area contributed by atoms with E-state index in [1.807, 2.05) is 6.07 Å². The minimum absolute atomic E-state index is 0.468. The van der Waals surface area contributed by atoms with Crippen molar-refractivity contribution in [2.24, 2.45) is 0 Å². The number of hydrogen-bond acceptors (Lipinski definition) is 4. The van der Waals surface area contributed by atoms with Gasteiger partial charge in [0.1, 0.15) is 0 Å². The van der Waals surface area contributed by atoms with Crippen LogP contribution in [-0.2, 0) is 0 Å². The number of hydrogen-bond donors (Lipinski definition) is 0. The molecule has 1 saturated heterocycles. The first-order valence-electron chi connectivity index (χ1n) is 7.15. The molecule has 104 valence electrons. The summed E-state index contributed by atoms with van der Waals surface area (Å²) in [4.78, 5) is 13.4. The minimum Gasteiger partial charge on any atom is -0.338 e. The minimum atomic E-state index is 0.468. The summed E-state index contributed by atoms with van der Waals surface area (Å²) in [5, 5.41) is 0. The molecular formula is C16H20N4. The van der Waals surface area contributed by atoms with Crippen molar-refractivity contribution < 1.29 is 0 Å². The van der Waals surface area contributed by atoms with Crippen LogP contribution in [0.15, 0.2) is 48.8 Å². The Kier molecular flexibility index (Phi) is 3.92. The van der Waals surface area contributed by atoms with E-state index in [1.54, 1.807) is 12.4 Å². The van der Waals surface area contributed by atoms with Crippen LogP contribution in [0.1, 0.15) is 18.5 Å². The fourth-order valence-corrected chi connectivity index (χ4v) is 2.71. The van der Waals surface area contributed by atoms with Crippen LogP contribution in [0.2, 0.25) is 0 Å². The molecule has 1 aromatic carbocycles. The molecule has 0 amide bonds. The molecule has 1 aromatic heterocycles. The first-order valence-corrected chi connectivity index (χ1v) is 7.15. The van der Waals surface area contributed by atoms with Gasteiger partial charge in [-0.15, -0.1) is 0 Å². The fraction of sp³-hybridized carbons (Fsp3) is 0.375. The highest BCUT2D eigenvalue weighted by Gasteiger charge is 2.22. The third-order valence-electron chi connectivity index (χ3n) is 3.98. The Bertz CT molecular complexity index is 521. The second-order valence-corrected chi connectivity index (χ2v) is 5.16. The number of piperazine rings is 1. The molecule has 20 heavy (non-hydrogen) atoms. The van der Waals surface area contributed by atoms with Gasteiger partial charge in [0.05, 0.1) is 0 Å². The molecule has 4 nitrogen and oxygen atoms in total. The second-order valence-electron chi connectivity index (χ2n) is 5.16. The summed E-state index contributed by atoms with van der Waals surface area (Å²) >= 11 is 0. The molecule has 1 aliphatic heterocycles. The Morgan fingerprint density at radius 1 is 0.900 bits per heavy atom. The van der Waals surface area contributed by atoms with E-state index in [1.165, 1.54) is 5.56 Å². The van der Waals surface area contributed by atoms with Gasteiger partial charge in [-0.1, -0.05) is 30.3 Å². The fourth-order valence-electron chi connectivity index (χ4n) is 2.71. The van der Waals surface area contributed by atoms with Gasteiger partial charge in [-0.3, -0.25) is 4.90 Å². The highest BCUT2D eigenvalue weighted by atomic mass is 15.3. The first kappa shape index (κ1) is 13.1. The smallest absolute Gasteiger partial charge is 0.225 e. The molecule has 0 aliphatic carbocycles. The lowest BCUT2D eigenvalue weighted by atomic mass is 10.1. The summed E-state index contributed by atoms with van der Waals surface area (Å²) < 4.78 is 0. The lowest BCUT2D eigenvalue weighted by Gasteiger charge is -2.38. The van der Waals surface area contributed by atoms with E-state index in [4.69, 9.17) is 0 Å². The van der Waals surface area contributed by atoms with Gasteiger partial charge in [0, 0.05) is 44.6 Å². The van der Waals surface area contributed by atoms with E-state index in [9.17, 15) is 0 Å². The average molecular weight is 268 g/mol. The van der Waals surface area contributed by atoms with E-state index in [0.29, 0.717) is 6.04 Å². The average Bonchev–Trinajstić information content (AvgIpc) is 2.56. The van der Waals surface area contributed by atoms with Crippen LogP contribution in [-0.4, -0.2) is 41.0 Å². The quantitative estimate of drug-likeness (QED) is 0.855. The summed E-state index contributed by atoms with van der Waals surface area (Å²) in [6.45, 7) is 6.36. The molecule has 0 radical (unpaired) electrons. The van der Waals surface area contributed by atoms with E-state index in [0.717, 1.165) is 32.1 Å². The van der Waals surface area contributed by atoms with Crippen molar-refractivity contribution in [3.05, 3.63) is 54.4 Å². The summed E-state index contributed by atoms with van der Waals surface area (Å²) in [7, 11) is 0. The van der Waals surface area contributed by atoms with Crippen molar-refractivity contribution in [1.29, 1.82) is 0 Å². The number of nitrogens with zero attached hydrogens (tertiary/aromatic N) is 4. The summed E-state index contributed by atoms with van der Waals surface area (Å²) in [5.41, 5.74) is 1.39. The Hall–Kier alpha value is -1.94. The lowest BCUT2D eigenvalue weighted by molar-refractivity contribution is 0.198. The molecule has 0 bridgehead atoms. The summed E-state index contributed by atoms with van der Waals surface area (Å²) in [5.74, 6) is 0.847. The number of anilines is 1. The van der Waals surface area contributed by atoms with Gasteiger partial charge in [-0.25, -0.2) is 9.97 Å². The van der Waals surface area contributed by atoms with Crippen molar-refractivity contribution in [2.45, 2.75) is 13.0 Å². The third kappa shape index (κ3) is 2.80. The van der Waals surface area contributed by atoms with Crippen molar-refractivity contribution in [3.63, 3.8) is 0 Å². The molecule has 1 unspecified atom stereocenters. The van der Waals surface area contributed by atoms with Gasteiger partial charge in [0.15, 0.2) is 0 Å². The highest BCUT2D eigenvalue weighted by Crippen LogP contribution is 2.22. The predicted molar refractivity (Wildman–Crippen MR) is 80.7 cm³/mol. The van der Waals surface area contributed by atoms with E-state index >= 15 is 0 Å². The molecule has 1 aliphatic rings. The van der Waals surface area contributed by atoms with Gasteiger partial charge >= 0.3 is 0 Å². The maximum Gasteiger partial charge on any atom is 0.225 e. The van der Waals surface area contributed by atoms with Gasteiger partial charge in [-0.05, 0) is 18.6 Å². The van der Waals surface area contributed by atoms with Crippen LogP contribution in [0.5, 0.6) is 0 Å². The van der Waals surface area contributed by atoms with Crippen molar-refractivity contribution in [3.8, 4) is 0 Å². The van der Waals surface area contributed by atoms with Crippen LogP contribution < -0.4 is 4.90 Å². The van der Waals surface area contributed by atoms with Crippen molar-refractivity contribution in [1.82, 2.24) is 14.9 Å². The van der Waals surface area contributed by atoms with Crippen molar-refractivity contribution >= 4 is 5.95 Å². The lowest BCUT2D eigenvalue weighted by Crippen LogP contribution is -2.47. The standard InChI is InChI=1S/C16H20N4/c1-14(15-6-3-2-4-7-15)19-10-12-20(13-11-19)16-17-8-5-9-18-16/h2-9,14H,10-13H2,1H3. The molecule has 4 heteroatoms. The monoisotopic (exact) mass is 268 g/mol. The zero-order valence-electron chi connectivity index (χ0n) is 11.8. The topological polar surface area (TPSA) is 32.3 Å². The Balaban J connectivity index is 1.61. The predicted octanol–water partition coefficient (Wildman–Crippen LogP) is 2.36. The van der Waals surface area contributed by atoms with Crippen LogP contribution >= 0.6 is 0 Å². The largest absolute Gasteiger partial charge is 0.338 e. The summed E-state index contributed by atoms with van der Waals surface area (Å²) in [6, 6.07) is 13.0. The van der Waals surface area contributed by atoms with Crippen LogP contribution in [0, 0.1) is 0 Å². The van der Waals surface area contributed by atoms with Crippen molar-refractivity contribution in [2.75, 3.05) is 31.1 Å². The van der Waals surface area contributed by atoms with E-state index < -0.39 is 0 Å². The molecule has 1 atom stereocenters. The third-order valence-corrected chi connectivity index (χ3v) is 3.98. The van der Waals surface area contributed by atoms with Gasteiger partial charge in [-0.2, -0.15) is 0 Å². The first-order chi connectivity index (χ1) is 9.84. The van der Waals surface area contributed by atoms with Gasteiger partial charge in [0.25, 0.3) is 0 Å². The molecule has 2 aromatic rings. The van der Waals surface area contributed by atoms with Gasteiger partial charge in [0.2, 0.25) is 5.95 Å². The Morgan fingerprint density at radius 3 is 2.20 bits per heavy atom. The maximum absolute atomic E-state index is 4.33. The zero-order valence-corrected chi connectivity index (χ0v) is 11.8. The van der Waals surface area contributed by atoms with E-state index in [-0.39, 0.29) is 0 Å². The molecule has 0 saturated carbocycles. The molecule has 3 rings (SSSR count). The zero-order chi connectivity index (χ0) is 13.8.